The molecule has 2 atom stereocenters. The Morgan fingerprint density at radius 3 is 2.32 bits per heavy atom. The van der Waals surface area contributed by atoms with E-state index in [4.69, 9.17) is 14.2 Å². The highest BCUT2D eigenvalue weighted by molar-refractivity contribution is 5.97. The van der Waals surface area contributed by atoms with Crippen LogP contribution >= 0.6 is 0 Å². The normalized spacial score (nSPS) is 20.7. The van der Waals surface area contributed by atoms with Gasteiger partial charge in [0, 0.05) is 18.7 Å². The van der Waals surface area contributed by atoms with Crippen LogP contribution in [0.4, 0.5) is 5.69 Å². The largest absolute Gasteiger partial charge is 0.497 e. The standard InChI is InChI=1S/C30H41N3O5/c1-21-14-18-32(19-15-21)17-5-16-31-30(35)25-11-13-28(34)33(23-7-9-24(36-2)10-8-23)29(25)22-6-12-26(37-3)27(20-22)38-4/h6-10,12,20-21,25,29H,5,11,13-19H2,1-4H3,(H,31,35)/t25-,29+/m0/s1. The lowest BCUT2D eigenvalue weighted by Crippen LogP contribution is -2.48. The van der Waals surface area contributed by atoms with Crippen LogP contribution in [0.25, 0.3) is 0 Å². The molecule has 2 aromatic rings. The Hall–Kier alpha value is -3.26. The van der Waals surface area contributed by atoms with E-state index in [1.165, 1.54) is 12.8 Å². The summed E-state index contributed by atoms with van der Waals surface area (Å²) < 4.78 is 16.3. The first-order chi connectivity index (χ1) is 18.4. The molecule has 1 N–H and O–H groups in total. The molecule has 206 valence electrons. The van der Waals surface area contributed by atoms with Gasteiger partial charge in [-0.1, -0.05) is 13.0 Å². The summed E-state index contributed by atoms with van der Waals surface area (Å²) in [6, 6.07) is 12.5. The Morgan fingerprint density at radius 1 is 0.947 bits per heavy atom. The van der Waals surface area contributed by atoms with Gasteiger partial charge < -0.3 is 29.3 Å². The number of methoxy groups -OCH3 is 3. The smallest absolute Gasteiger partial charge is 0.227 e. The fraction of sp³-hybridized carbons (Fsp3) is 0.533. The van der Waals surface area contributed by atoms with Gasteiger partial charge in [-0.25, -0.2) is 0 Å². The molecule has 0 unspecified atom stereocenters. The van der Waals surface area contributed by atoms with Crippen LogP contribution in [0.5, 0.6) is 17.2 Å². The lowest BCUT2D eigenvalue weighted by atomic mass is 9.83. The SMILES string of the molecule is COc1ccc(N2C(=O)CC[C@H](C(=O)NCCCN3CCC(C)CC3)[C@H]2c2ccc(OC)c(OC)c2)cc1. The van der Waals surface area contributed by atoms with Crippen LogP contribution < -0.4 is 24.4 Å². The molecule has 0 spiro atoms. The summed E-state index contributed by atoms with van der Waals surface area (Å²) in [6.07, 6.45) is 4.20. The monoisotopic (exact) mass is 523 g/mol. The van der Waals surface area contributed by atoms with Gasteiger partial charge in [-0.15, -0.1) is 0 Å². The highest BCUT2D eigenvalue weighted by Crippen LogP contribution is 2.42. The van der Waals surface area contributed by atoms with Crippen LogP contribution in [0.2, 0.25) is 0 Å². The number of carbonyl (C=O) groups excluding carboxylic acids is 2. The molecule has 2 fully saturated rings. The molecule has 2 amide bonds. The minimum atomic E-state index is -0.479. The third kappa shape index (κ3) is 6.41. The van der Waals surface area contributed by atoms with Gasteiger partial charge in [0.2, 0.25) is 11.8 Å². The lowest BCUT2D eigenvalue weighted by molar-refractivity contribution is -0.129. The predicted octanol–water partition coefficient (Wildman–Crippen LogP) is 4.43. The van der Waals surface area contributed by atoms with E-state index in [-0.39, 0.29) is 11.8 Å². The number of carbonyl (C=O) groups is 2. The van der Waals surface area contributed by atoms with E-state index < -0.39 is 12.0 Å². The van der Waals surface area contributed by atoms with Crippen LogP contribution in [-0.4, -0.2) is 64.2 Å². The van der Waals surface area contributed by atoms with Crippen molar-refractivity contribution in [3.8, 4) is 17.2 Å². The minimum absolute atomic E-state index is 0.0154. The number of nitrogens with one attached hydrogen (secondary N) is 1. The third-order valence-corrected chi connectivity index (χ3v) is 7.86. The number of hydrogen-bond donors (Lipinski definition) is 1. The van der Waals surface area contributed by atoms with Gasteiger partial charge in [-0.3, -0.25) is 9.59 Å². The molecule has 2 saturated heterocycles. The van der Waals surface area contributed by atoms with E-state index >= 15 is 0 Å². The molecule has 2 aliphatic rings. The predicted molar refractivity (Wildman–Crippen MR) is 148 cm³/mol. The average Bonchev–Trinajstić information content (AvgIpc) is 2.95. The molecule has 38 heavy (non-hydrogen) atoms. The van der Waals surface area contributed by atoms with Crippen LogP contribution in [0.1, 0.15) is 50.6 Å². The second kappa shape index (κ2) is 13.0. The summed E-state index contributed by atoms with van der Waals surface area (Å²) in [7, 11) is 4.79. The molecule has 0 saturated carbocycles. The summed E-state index contributed by atoms with van der Waals surface area (Å²) in [4.78, 5) is 31.2. The van der Waals surface area contributed by atoms with Crippen molar-refractivity contribution in [1.82, 2.24) is 10.2 Å². The molecule has 8 nitrogen and oxygen atoms in total. The molecule has 4 rings (SSSR count). The van der Waals surface area contributed by atoms with Crippen molar-refractivity contribution in [2.75, 3.05) is 52.4 Å². The van der Waals surface area contributed by atoms with E-state index in [0.29, 0.717) is 36.6 Å². The van der Waals surface area contributed by atoms with Gasteiger partial charge in [-0.2, -0.15) is 0 Å². The number of benzene rings is 2. The van der Waals surface area contributed by atoms with Gasteiger partial charge in [-0.05, 0) is 93.2 Å². The second-order valence-corrected chi connectivity index (χ2v) is 10.3. The zero-order valence-electron chi connectivity index (χ0n) is 23.1. The Balaban J connectivity index is 1.55. The lowest BCUT2D eigenvalue weighted by Gasteiger charge is -2.41. The van der Waals surface area contributed by atoms with E-state index in [9.17, 15) is 9.59 Å². The first-order valence-electron chi connectivity index (χ1n) is 13.6. The van der Waals surface area contributed by atoms with Gasteiger partial charge >= 0.3 is 0 Å². The maximum atomic E-state index is 13.6. The fourth-order valence-corrected chi connectivity index (χ4v) is 5.56. The van der Waals surface area contributed by atoms with Gasteiger partial charge in [0.1, 0.15) is 5.75 Å². The van der Waals surface area contributed by atoms with Crippen LogP contribution in [0.15, 0.2) is 42.5 Å². The van der Waals surface area contributed by atoms with E-state index in [1.807, 2.05) is 42.5 Å². The molecule has 2 heterocycles. The number of nitrogens with zero attached hydrogens (tertiary/aromatic N) is 2. The molecule has 0 radical (unpaired) electrons. The molecule has 0 aromatic heterocycles. The molecular formula is C30H41N3O5. The Bertz CT molecular complexity index is 1080. The maximum Gasteiger partial charge on any atom is 0.227 e. The number of hydrogen-bond acceptors (Lipinski definition) is 6. The number of anilines is 1. The minimum Gasteiger partial charge on any atom is -0.497 e. The first kappa shape index (κ1) is 27.8. The van der Waals surface area contributed by atoms with E-state index in [2.05, 4.69) is 17.1 Å². The number of ether oxygens (including phenoxy) is 3. The second-order valence-electron chi connectivity index (χ2n) is 10.3. The Kier molecular flexibility index (Phi) is 9.50. The summed E-state index contributed by atoms with van der Waals surface area (Å²) >= 11 is 0. The molecule has 0 bridgehead atoms. The fourth-order valence-electron chi connectivity index (χ4n) is 5.56. The highest BCUT2D eigenvalue weighted by Gasteiger charge is 2.41. The molecule has 8 heteroatoms. The van der Waals surface area contributed by atoms with Crippen LogP contribution in [0, 0.1) is 11.8 Å². The van der Waals surface area contributed by atoms with E-state index in [1.54, 1.807) is 26.2 Å². The van der Waals surface area contributed by atoms with Crippen molar-refractivity contribution in [3.05, 3.63) is 48.0 Å². The third-order valence-electron chi connectivity index (χ3n) is 7.86. The topological polar surface area (TPSA) is 80.3 Å². The molecular weight excluding hydrogens is 482 g/mol. The first-order valence-corrected chi connectivity index (χ1v) is 13.6. The van der Waals surface area contributed by atoms with E-state index in [0.717, 1.165) is 43.2 Å². The number of likely N-dealkylation sites (tertiary alicyclic amines) is 1. The summed E-state index contributed by atoms with van der Waals surface area (Å²) in [5.41, 5.74) is 1.56. The molecule has 0 aliphatic carbocycles. The number of piperidine rings is 2. The van der Waals surface area contributed by atoms with Crippen molar-refractivity contribution in [2.45, 2.75) is 45.1 Å². The average molecular weight is 524 g/mol. The Morgan fingerprint density at radius 2 is 1.66 bits per heavy atom. The van der Waals surface area contributed by atoms with Crippen molar-refractivity contribution in [2.24, 2.45) is 11.8 Å². The van der Waals surface area contributed by atoms with Crippen molar-refractivity contribution in [3.63, 3.8) is 0 Å². The summed E-state index contributed by atoms with van der Waals surface area (Å²) in [5, 5.41) is 3.18. The summed E-state index contributed by atoms with van der Waals surface area (Å²) in [5.74, 6) is 2.24. The molecule has 2 aliphatic heterocycles. The molecule has 2 aromatic carbocycles. The van der Waals surface area contributed by atoms with Crippen molar-refractivity contribution >= 4 is 17.5 Å². The van der Waals surface area contributed by atoms with Gasteiger partial charge in [0.25, 0.3) is 0 Å². The number of rotatable bonds is 10. The van der Waals surface area contributed by atoms with Crippen molar-refractivity contribution in [1.29, 1.82) is 0 Å². The zero-order chi connectivity index (χ0) is 27.1. The maximum absolute atomic E-state index is 13.6. The number of amides is 2. The highest BCUT2D eigenvalue weighted by atomic mass is 16.5. The van der Waals surface area contributed by atoms with Crippen LogP contribution in [0.3, 0.4) is 0 Å². The Labute approximate surface area is 226 Å². The zero-order valence-corrected chi connectivity index (χ0v) is 23.1. The quantitative estimate of drug-likeness (QED) is 0.464. The van der Waals surface area contributed by atoms with Crippen LogP contribution in [-0.2, 0) is 9.59 Å². The van der Waals surface area contributed by atoms with Gasteiger partial charge in [0.05, 0.1) is 33.3 Å². The summed E-state index contributed by atoms with van der Waals surface area (Å²) in [6.45, 7) is 6.20. The van der Waals surface area contributed by atoms with Gasteiger partial charge in [0.15, 0.2) is 11.5 Å². The van der Waals surface area contributed by atoms with Crippen molar-refractivity contribution < 1.29 is 23.8 Å².